The fraction of sp³-hybridized carbons (Fsp3) is 0.125. The van der Waals surface area contributed by atoms with Gasteiger partial charge in [0.15, 0.2) is 5.75 Å². The number of aromatic hydroxyl groups is 1. The molecule has 21 heavy (non-hydrogen) atoms. The van der Waals surface area contributed by atoms with Gasteiger partial charge in [0.2, 0.25) is 0 Å². The van der Waals surface area contributed by atoms with Crippen LogP contribution in [0.4, 0.5) is 5.69 Å². The molecule has 0 saturated carbocycles. The van der Waals surface area contributed by atoms with Crippen LogP contribution < -0.4 is 0 Å². The molecule has 0 aliphatic rings. The molecule has 1 N–H and O–H groups in total. The summed E-state index contributed by atoms with van der Waals surface area (Å²) in [6.45, 7) is 0. The highest BCUT2D eigenvalue weighted by Gasteiger charge is 2.15. The summed E-state index contributed by atoms with van der Waals surface area (Å²) in [5.41, 5.74) is 1.38. The fourth-order valence-electron chi connectivity index (χ4n) is 2.01. The molecule has 0 heterocycles. The maximum absolute atomic E-state index is 10.8. The van der Waals surface area contributed by atoms with Crippen LogP contribution in [0.15, 0.2) is 53.4 Å². The summed E-state index contributed by atoms with van der Waals surface area (Å²) in [4.78, 5) is 11.4. The quantitative estimate of drug-likeness (QED) is 0.508. The number of rotatable bonds is 5. The fourth-order valence-corrected chi connectivity index (χ4v) is 2.59. The summed E-state index contributed by atoms with van der Waals surface area (Å²) in [5, 5.41) is 20.7. The number of allylic oxidation sites excluding steroid dienone is 1. The summed E-state index contributed by atoms with van der Waals surface area (Å²) >= 11 is 1.66. The highest BCUT2D eigenvalue weighted by atomic mass is 32.2. The number of nitrogens with zero attached hydrogens (tertiary/aromatic N) is 1. The number of phenolic OH excluding ortho intramolecular Hbond substituents is 1. The molecule has 0 bridgehead atoms. The minimum atomic E-state index is -0.578. The van der Waals surface area contributed by atoms with E-state index in [0.29, 0.717) is 12.0 Å². The average Bonchev–Trinajstić information content (AvgIpc) is 2.49. The van der Waals surface area contributed by atoms with Crippen LogP contribution in [0.1, 0.15) is 11.1 Å². The van der Waals surface area contributed by atoms with Crippen LogP contribution in [-0.4, -0.2) is 16.3 Å². The Morgan fingerprint density at radius 2 is 2.00 bits per heavy atom. The predicted octanol–water partition coefficient (Wildman–Crippen LogP) is 4.28. The molecule has 0 aromatic heterocycles. The van der Waals surface area contributed by atoms with Gasteiger partial charge in [0, 0.05) is 16.5 Å². The molecule has 108 valence electrons. The molecule has 2 rings (SSSR count). The Morgan fingerprint density at radius 3 is 2.71 bits per heavy atom. The van der Waals surface area contributed by atoms with Crippen molar-refractivity contribution >= 4 is 23.5 Å². The Morgan fingerprint density at radius 1 is 1.24 bits per heavy atom. The molecular weight excluding hydrogens is 286 g/mol. The first-order chi connectivity index (χ1) is 10.1. The van der Waals surface area contributed by atoms with Crippen molar-refractivity contribution in [3.05, 3.63) is 69.8 Å². The third-order valence-electron chi connectivity index (χ3n) is 3.07. The van der Waals surface area contributed by atoms with E-state index in [2.05, 4.69) is 0 Å². The lowest BCUT2D eigenvalue weighted by Gasteiger charge is -2.03. The maximum Gasteiger partial charge on any atom is 0.310 e. The summed E-state index contributed by atoms with van der Waals surface area (Å²) in [6.07, 6.45) is 6.31. The molecule has 0 atom stereocenters. The number of hydrogen-bond acceptors (Lipinski definition) is 4. The third kappa shape index (κ3) is 3.64. The average molecular weight is 301 g/mol. The molecule has 0 aliphatic heterocycles. The molecule has 0 unspecified atom stereocenters. The van der Waals surface area contributed by atoms with E-state index in [1.54, 1.807) is 23.9 Å². The molecule has 5 heteroatoms. The number of para-hydroxylation sites is 1. The first-order valence-electron chi connectivity index (χ1n) is 6.38. The van der Waals surface area contributed by atoms with Crippen molar-refractivity contribution in [2.75, 3.05) is 6.26 Å². The summed E-state index contributed by atoms with van der Waals surface area (Å²) in [5.74, 6) is -0.259. The Hall–Kier alpha value is -2.27. The number of thioether (sulfide) groups is 1. The number of phenols is 1. The predicted molar refractivity (Wildman–Crippen MR) is 85.7 cm³/mol. The third-order valence-corrected chi connectivity index (χ3v) is 3.88. The van der Waals surface area contributed by atoms with E-state index in [1.165, 1.54) is 6.07 Å². The van der Waals surface area contributed by atoms with Crippen LogP contribution in [-0.2, 0) is 6.42 Å². The van der Waals surface area contributed by atoms with Gasteiger partial charge in [-0.3, -0.25) is 10.1 Å². The molecule has 0 aliphatic carbocycles. The van der Waals surface area contributed by atoms with Crippen molar-refractivity contribution in [2.24, 2.45) is 0 Å². The number of benzene rings is 2. The van der Waals surface area contributed by atoms with Gasteiger partial charge < -0.3 is 5.11 Å². The van der Waals surface area contributed by atoms with Crippen molar-refractivity contribution in [1.29, 1.82) is 0 Å². The lowest BCUT2D eigenvalue weighted by molar-refractivity contribution is -0.385. The van der Waals surface area contributed by atoms with Crippen molar-refractivity contribution in [3.8, 4) is 5.75 Å². The van der Waals surface area contributed by atoms with E-state index in [-0.39, 0.29) is 11.4 Å². The van der Waals surface area contributed by atoms with Gasteiger partial charge in [0.05, 0.1) is 4.92 Å². The van der Waals surface area contributed by atoms with E-state index < -0.39 is 4.92 Å². The summed E-state index contributed by atoms with van der Waals surface area (Å²) < 4.78 is 0. The first kappa shape index (κ1) is 15.1. The van der Waals surface area contributed by atoms with Crippen LogP contribution in [0.2, 0.25) is 0 Å². The largest absolute Gasteiger partial charge is 0.502 e. The lowest BCUT2D eigenvalue weighted by Crippen LogP contribution is -1.91. The Labute approximate surface area is 127 Å². The molecule has 0 radical (unpaired) electrons. The normalized spacial score (nSPS) is 10.9. The second kappa shape index (κ2) is 6.95. The number of nitro benzene ring substituents is 1. The van der Waals surface area contributed by atoms with Gasteiger partial charge >= 0.3 is 5.69 Å². The van der Waals surface area contributed by atoms with E-state index in [0.717, 1.165) is 10.5 Å². The van der Waals surface area contributed by atoms with Crippen LogP contribution in [0.5, 0.6) is 5.75 Å². The first-order valence-corrected chi connectivity index (χ1v) is 7.60. The van der Waals surface area contributed by atoms with Crippen LogP contribution >= 0.6 is 11.8 Å². The van der Waals surface area contributed by atoms with E-state index in [9.17, 15) is 15.2 Å². The topological polar surface area (TPSA) is 63.4 Å². The molecule has 0 amide bonds. The van der Waals surface area contributed by atoms with Crippen LogP contribution in [0.3, 0.4) is 0 Å². The SMILES string of the molecule is CSc1ccccc1/C=C/Cc1cccc([N+](=O)[O-])c1O. The molecule has 0 saturated heterocycles. The number of nitro groups is 1. The zero-order chi connectivity index (χ0) is 15.2. The molecule has 2 aromatic rings. The lowest BCUT2D eigenvalue weighted by atomic mass is 10.1. The molecule has 4 nitrogen and oxygen atoms in total. The zero-order valence-corrected chi connectivity index (χ0v) is 12.3. The Kier molecular flexibility index (Phi) is 5.00. The van der Waals surface area contributed by atoms with E-state index in [4.69, 9.17) is 0 Å². The Bertz CT molecular complexity index is 683. The van der Waals surface area contributed by atoms with Crippen molar-refractivity contribution < 1.29 is 10.0 Å². The van der Waals surface area contributed by atoms with Gasteiger partial charge in [-0.05, 0) is 24.3 Å². The Balaban J connectivity index is 2.18. The number of hydrogen-bond donors (Lipinski definition) is 1. The maximum atomic E-state index is 10.8. The van der Waals surface area contributed by atoms with Gasteiger partial charge in [-0.25, -0.2) is 0 Å². The molecular formula is C16H15NO3S. The second-order valence-electron chi connectivity index (χ2n) is 4.39. The van der Waals surface area contributed by atoms with Gasteiger partial charge in [0.25, 0.3) is 0 Å². The zero-order valence-electron chi connectivity index (χ0n) is 11.5. The van der Waals surface area contributed by atoms with Gasteiger partial charge in [0.1, 0.15) is 0 Å². The minimum Gasteiger partial charge on any atom is -0.502 e. The molecule has 0 spiro atoms. The van der Waals surface area contributed by atoms with Crippen molar-refractivity contribution in [3.63, 3.8) is 0 Å². The second-order valence-corrected chi connectivity index (χ2v) is 5.24. The summed E-state index contributed by atoms with van der Waals surface area (Å²) in [6, 6.07) is 12.6. The van der Waals surface area contributed by atoms with Crippen LogP contribution in [0, 0.1) is 10.1 Å². The smallest absolute Gasteiger partial charge is 0.310 e. The standard InChI is InChI=1S/C16H15NO3S/c1-21-15-11-3-2-6-12(15)7-4-8-13-9-5-10-14(16(13)18)17(19)20/h2-7,9-11,18H,8H2,1H3/b7-4+. The highest BCUT2D eigenvalue weighted by Crippen LogP contribution is 2.30. The van der Waals surface area contributed by atoms with Gasteiger partial charge in [-0.15, -0.1) is 11.8 Å². The molecule has 2 aromatic carbocycles. The summed E-state index contributed by atoms with van der Waals surface area (Å²) in [7, 11) is 0. The monoisotopic (exact) mass is 301 g/mol. The molecule has 0 fully saturated rings. The van der Waals surface area contributed by atoms with E-state index >= 15 is 0 Å². The minimum absolute atomic E-state index is 0.259. The van der Waals surface area contributed by atoms with E-state index in [1.807, 2.05) is 42.7 Å². The van der Waals surface area contributed by atoms with Gasteiger partial charge in [-0.2, -0.15) is 0 Å². The van der Waals surface area contributed by atoms with Crippen molar-refractivity contribution in [1.82, 2.24) is 0 Å². The highest BCUT2D eigenvalue weighted by molar-refractivity contribution is 7.98. The van der Waals surface area contributed by atoms with Gasteiger partial charge in [-0.1, -0.05) is 42.5 Å². The van der Waals surface area contributed by atoms with Crippen molar-refractivity contribution in [2.45, 2.75) is 11.3 Å². The van der Waals surface area contributed by atoms with Crippen LogP contribution in [0.25, 0.3) is 6.08 Å².